The van der Waals surface area contributed by atoms with Crippen LogP contribution in [0.2, 0.25) is 0 Å². The summed E-state index contributed by atoms with van der Waals surface area (Å²) in [5, 5.41) is 11.8. The lowest BCUT2D eigenvalue weighted by Crippen LogP contribution is -2.83. The highest BCUT2D eigenvalue weighted by Gasteiger charge is 2.98. The van der Waals surface area contributed by atoms with Gasteiger partial charge in [0.1, 0.15) is 35.1 Å². The van der Waals surface area contributed by atoms with Crippen LogP contribution in [0, 0.1) is 17.3 Å². The molecule has 7 heterocycles. The fourth-order valence-corrected chi connectivity index (χ4v) is 9.15. The average Bonchev–Trinajstić information content (AvgIpc) is 3.55. The molecule has 4 saturated heterocycles. The van der Waals surface area contributed by atoms with E-state index >= 15 is 0 Å². The van der Waals surface area contributed by atoms with E-state index in [1.165, 1.54) is 18.6 Å². The third-order valence-electron chi connectivity index (χ3n) is 10.9. The first-order valence-corrected chi connectivity index (χ1v) is 13.9. The van der Waals surface area contributed by atoms with Gasteiger partial charge >= 0.3 is 11.9 Å². The Labute approximate surface area is 228 Å². The number of aliphatic hydroxyl groups excluding tert-OH is 1. The quantitative estimate of drug-likeness (QED) is 0.344. The van der Waals surface area contributed by atoms with Gasteiger partial charge < -0.3 is 37.6 Å². The Kier molecular flexibility index (Phi) is 4.11. The van der Waals surface area contributed by atoms with Crippen LogP contribution in [-0.2, 0) is 28.5 Å². The molecule has 5 aliphatic heterocycles. The summed E-state index contributed by atoms with van der Waals surface area (Å²) >= 11 is 0. The number of hydrogen-bond donors (Lipinski definition) is 1. The van der Waals surface area contributed by atoms with Crippen molar-refractivity contribution in [2.45, 2.75) is 81.3 Å². The number of fused-ring (bicyclic) bond motifs is 2. The van der Waals surface area contributed by atoms with Crippen molar-refractivity contribution in [3.05, 3.63) is 65.2 Å². The van der Waals surface area contributed by atoms with Crippen molar-refractivity contribution < 1.29 is 47.2 Å². The molecular weight excluding hydrogens is 520 g/mol. The van der Waals surface area contributed by atoms with Crippen LogP contribution in [0.25, 0.3) is 5.76 Å². The number of furan rings is 2. The van der Waals surface area contributed by atoms with Crippen molar-refractivity contribution in [1.29, 1.82) is 0 Å². The van der Waals surface area contributed by atoms with Crippen molar-refractivity contribution in [1.82, 2.24) is 0 Å². The van der Waals surface area contributed by atoms with Crippen LogP contribution < -0.4 is 0 Å². The number of rotatable bonds is 4. The van der Waals surface area contributed by atoms with Crippen LogP contribution in [0.4, 0.5) is 0 Å². The summed E-state index contributed by atoms with van der Waals surface area (Å²) in [6, 6.07) is 6.39. The lowest BCUT2D eigenvalue weighted by atomic mass is 9.41. The summed E-state index contributed by atoms with van der Waals surface area (Å²) < 4.78 is 42.2. The summed E-state index contributed by atoms with van der Waals surface area (Å²) in [6.07, 6.45) is 3.00. The molecule has 6 fully saturated rings. The SMILES string of the molecule is CC(C)[C@]12O[C@H]1[C@@H]1O[C@@]13[C@@]1(C)CCC4=C(/C(=C(\OC(=O)c5ccco5)c5ccco5)OC4=O)[C@@H]1C1C[C@@]3(O1)[C@@H]2O. The number of allylic oxidation sites excluding steroid dienone is 1. The van der Waals surface area contributed by atoms with Gasteiger partial charge in [-0.3, -0.25) is 0 Å². The Morgan fingerprint density at radius 1 is 1.07 bits per heavy atom. The van der Waals surface area contributed by atoms with Crippen molar-refractivity contribution >= 4 is 17.7 Å². The zero-order chi connectivity index (χ0) is 27.4. The third kappa shape index (κ3) is 2.33. The van der Waals surface area contributed by atoms with Crippen molar-refractivity contribution in [3.8, 4) is 0 Å². The van der Waals surface area contributed by atoms with Gasteiger partial charge in [0.05, 0.1) is 18.6 Å². The van der Waals surface area contributed by atoms with Gasteiger partial charge in [-0.05, 0) is 43.0 Å². The highest BCUT2D eigenvalue weighted by atomic mass is 16.7. The van der Waals surface area contributed by atoms with Gasteiger partial charge in [-0.15, -0.1) is 0 Å². The van der Waals surface area contributed by atoms with E-state index in [2.05, 4.69) is 20.8 Å². The van der Waals surface area contributed by atoms with Crippen molar-refractivity contribution in [3.63, 3.8) is 0 Å². The average molecular weight is 549 g/mol. The van der Waals surface area contributed by atoms with Crippen molar-refractivity contribution in [2.75, 3.05) is 0 Å². The van der Waals surface area contributed by atoms with Gasteiger partial charge in [0.25, 0.3) is 0 Å². The number of ether oxygens (including phenoxy) is 5. The summed E-state index contributed by atoms with van der Waals surface area (Å²) in [7, 11) is 0. The normalized spacial score (nSPS) is 46.3. The zero-order valence-electron chi connectivity index (χ0n) is 22.2. The Bertz CT molecular complexity index is 1540. The summed E-state index contributed by atoms with van der Waals surface area (Å²) in [6.45, 7) is 6.30. The summed E-state index contributed by atoms with van der Waals surface area (Å²) in [5.41, 5.74) is -1.59. The fourth-order valence-electron chi connectivity index (χ4n) is 9.15. The molecule has 0 amide bonds. The van der Waals surface area contributed by atoms with E-state index in [-0.39, 0.29) is 53.2 Å². The second-order valence-electron chi connectivity index (χ2n) is 12.7. The molecule has 0 radical (unpaired) electrons. The highest BCUT2D eigenvalue weighted by Crippen LogP contribution is 2.82. The summed E-state index contributed by atoms with van der Waals surface area (Å²) in [5.74, 6) is -1.01. The van der Waals surface area contributed by atoms with Gasteiger partial charge in [-0.1, -0.05) is 20.8 Å². The number of epoxide rings is 2. The largest absolute Gasteiger partial charge is 0.461 e. The predicted molar refractivity (Wildman–Crippen MR) is 132 cm³/mol. The number of esters is 2. The summed E-state index contributed by atoms with van der Waals surface area (Å²) in [4.78, 5) is 26.3. The zero-order valence-corrected chi connectivity index (χ0v) is 22.2. The molecule has 2 aromatic heterocycles. The highest BCUT2D eigenvalue weighted by molar-refractivity contribution is 5.98. The van der Waals surface area contributed by atoms with Gasteiger partial charge in [0, 0.05) is 28.9 Å². The molecule has 3 aliphatic carbocycles. The molecule has 10 nitrogen and oxygen atoms in total. The van der Waals surface area contributed by atoms with E-state index in [4.69, 9.17) is 32.5 Å². The lowest BCUT2D eigenvalue weighted by molar-refractivity contribution is -0.366. The van der Waals surface area contributed by atoms with Gasteiger partial charge in [-0.25, -0.2) is 9.59 Å². The molecule has 1 unspecified atom stereocenters. The topological polar surface area (TPSA) is 133 Å². The molecule has 2 aromatic rings. The Balaban J connectivity index is 1.18. The Hall–Kier alpha value is -3.18. The molecular formula is C30H28O10. The first kappa shape index (κ1) is 23.5. The van der Waals surface area contributed by atoms with Crippen LogP contribution in [0.15, 0.2) is 62.5 Å². The molecule has 2 saturated carbocycles. The Morgan fingerprint density at radius 2 is 1.80 bits per heavy atom. The van der Waals surface area contributed by atoms with Crippen LogP contribution in [0.5, 0.6) is 0 Å². The van der Waals surface area contributed by atoms with Crippen LogP contribution in [0.3, 0.4) is 0 Å². The van der Waals surface area contributed by atoms with Crippen LogP contribution in [0.1, 0.15) is 56.3 Å². The lowest BCUT2D eigenvalue weighted by Gasteiger charge is -2.70. The number of carbonyl (C=O) groups is 2. The monoisotopic (exact) mass is 548 g/mol. The number of aliphatic hydroxyl groups is 1. The van der Waals surface area contributed by atoms with E-state index in [1.807, 2.05) is 0 Å². The minimum atomic E-state index is -0.869. The standard InChI is InChI=1S/C30H28O10/c1-13(2)29-22(39-29)23-30(40-23)27(3)9-8-14-18(19(27)17-12-28(30,38-17)26(29)33)21(37-24(14)31)20(15-6-4-10-34-15)36-25(32)16-7-5-11-35-16/h4-7,10-11,13,17,19,22-23,26,33H,8-9,12H2,1-3H3/b21-20+/t17?,19-,22-,23-,26-,27-,28+,29-,30+/m0/s1. The van der Waals surface area contributed by atoms with E-state index in [0.29, 0.717) is 30.4 Å². The van der Waals surface area contributed by atoms with E-state index in [0.717, 1.165) is 0 Å². The number of carbonyl (C=O) groups excluding carboxylic acids is 2. The molecule has 0 aromatic carbocycles. The van der Waals surface area contributed by atoms with Crippen LogP contribution in [-0.4, -0.2) is 58.3 Å². The number of cyclic esters (lactones) is 1. The Morgan fingerprint density at radius 3 is 2.48 bits per heavy atom. The first-order valence-electron chi connectivity index (χ1n) is 13.9. The maximum absolute atomic E-state index is 13.3. The minimum absolute atomic E-state index is 0.00353. The molecule has 40 heavy (non-hydrogen) atoms. The molecule has 208 valence electrons. The predicted octanol–water partition coefficient (Wildman–Crippen LogP) is 3.51. The smallest absolute Gasteiger partial charge is 0.379 e. The second-order valence-corrected chi connectivity index (χ2v) is 12.7. The molecule has 9 atom stereocenters. The fraction of sp³-hybridized carbons (Fsp3) is 0.533. The van der Waals surface area contributed by atoms with E-state index < -0.39 is 40.3 Å². The van der Waals surface area contributed by atoms with E-state index in [1.54, 1.807) is 18.2 Å². The minimum Gasteiger partial charge on any atom is -0.461 e. The molecule has 2 spiro atoms. The second kappa shape index (κ2) is 6.99. The van der Waals surface area contributed by atoms with Gasteiger partial charge in [0.15, 0.2) is 11.5 Å². The maximum atomic E-state index is 13.3. The van der Waals surface area contributed by atoms with Gasteiger partial charge in [-0.2, -0.15) is 0 Å². The molecule has 2 bridgehead atoms. The third-order valence-corrected chi connectivity index (χ3v) is 10.9. The van der Waals surface area contributed by atoms with Crippen molar-refractivity contribution in [2.24, 2.45) is 17.3 Å². The molecule has 10 heteroatoms. The molecule has 8 aliphatic rings. The van der Waals surface area contributed by atoms with Crippen LogP contribution >= 0.6 is 0 Å². The van der Waals surface area contributed by atoms with Gasteiger partial charge in [0.2, 0.25) is 11.5 Å². The van der Waals surface area contributed by atoms with E-state index in [9.17, 15) is 14.7 Å². The molecule has 10 rings (SSSR count). The molecule has 1 N–H and O–H groups in total. The number of hydrogen-bond acceptors (Lipinski definition) is 10. The maximum Gasteiger partial charge on any atom is 0.379 e. The first-order chi connectivity index (χ1) is 19.2.